The van der Waals surface area contributed by atoms with Crippen LogP contribution in [0.1, 0.15) is 0 Å². The average Bonchev–Trinajstić information content (AvgIpc) is 3.93. The Morgan fingerprint density at radius 1 is 0.439 bits per heavy atom. The monoisotopic (exact) mass is 759 g/mol. The first-order chi connectivity index (χ1) is 28.3. The molecule has 0 unspecified atom stereocenters. The second-order valence-electron chi connectivity index (χ2n) is 14.8. The van der Waals surface area contributed by atoms with Gasteiger partial charge in [-0.1, -0.05) is 170 Å². The summed E-state index contributed by atoms with van der Waals surface area (Å²) in [5.41, 5.74) is 8.83. The van der Waals surface area contributed by atoms with E-state index in [1.807, 2.05) is 11.3 Å². The molecule has 0 amide bonds. The normalized spacial score (nSPS) is 13.1. The maximum Gasteiger partial charge on any atom is 0.203 e. The summed E-state index contributed by atoms with van der Waals surface area (Å²) < 4.78 is 5.09. The van der Waals surface area contributed by atoms with E-state index >= 15 is 0 Å². The fraction of sp³-hybridized carbons (Fsp3) is 0. The zero-order valence-corrected chi connectivity index (χ0v) is 32.6. The van der Waals surface area contributed by atoms with E-state index in [0.29, 0.717) is 0 Å². The van der Waals surface area contributed by atoms with Crippen LogP contribution in [0, 0.1) is 0 Å². The maximum atomic E-state index is 5.73. The minimum Gasteiger partial charge on any atom is -0.309 e. The Morgan fingerprint density at radius 3 is 1.82 bits per heavy atom. The second-order valence-corrected chi connectivity index (χ2v) is 19.6. The van der Waals surface area contributed by atoms with Gasteiger partial charge in [0.25, 0.3) is 0 Å². The Bertz CT molecular complexity index is 3310. The van der Waals surface area contributed by atoms with Crippen LogP contribution in [-0.4, -0.2) is 22.6 Å². The Hall–Kier alpha value is -6.92. The molecule has 0 atom stereocenters. The van der Waals surface area contributed by atoms with Gasteiger partial charge in [-0.3, -0.25) is 0 Å². The van der Waals surface area contributed by atoms with E-state index in [1.165, 1.54) is 63.1 Å². The molecule has 3 nitrogen and oxygen atoms in total. The fourth-order valence-corrected chi connectivity index (χ4v) is 15.7. The van der Waals surface area contributed by atoms with Crippen molar-refractivity contribution in [2.75, 3.05) is 0 Å². The van der Waals surface area contributed by atoms with E-state index in [2.05, 4.69) is 205 Å². The molecular weight excluding hydrogens is 727 g/mol. The van der Waals surface area contributed by atoms with E-state index in [-0.39, 0.29) is 0 Å². The van der Waals surface area contributed by atoms with Crippen LogP contribution in [0.15, 0.2) is 200 Å². The summed E-state index contributed by atoms with van der Waals surface area (Å²) in [7, 11) is -2.93. The number of rotatable bonds is 5. The van der Waals surface area contributed by atoms with Gasteiger partial charge >= 0.3 is 0 Å². The number of para-hydroxylation sites is 2. The maximum absolute atomic E-state index is 5.73. The molecule has 1 aliphatic heterocycles. The summed E-state index contributed by atoms with van der Waals surface area (Å²) in [6.45, 7) is 0. The first kappa shape index (κ1) is 32.3. The van der Waals surface area contributed by atoms with Gasteiger partial charge in [-0.15, -0.1) is 11.3 Å². The fourth-order valence-electron chi connectivity index (χ4n) is 9.58. The highest BCUT2D eigenvalue weighted by molar-refractivity contribution is 7.26. The molecule has 266 valence electrons. The van der Waals surface area contributed by atoms with Gasteiger partial charge < -0.3 is 4.57 Å². The Morgan fingerprint density at radius 2 is 1.05 bits per heavy atom. The minimum absolute atomic E-state index is 0.740. The summed E-state index contributed by atoms with van der Waals surface area (Å²) in [4.78, 5) is 11.4. The van der Waals surface area contributed by atoms with E-state index < -0.39 is 8.07 Å². The zero-order chi connectivity index (χ0) is 37.5. The van der Waals surface area contributed by atoms with E-state index in [1.54, 1.807) is 0 Å². The Kier molecular flexibility index (Phi) is 7.12. The predicted octanol–water partition coefficient (Wildman–Crippen LogP) is 10.6. The molecule has 0 bridgehead atoms. The second kappa shape index (κ2) is 12.5. The van der Waals surface area contributed by atoms with Crippen molar-refractivity contribution < 1.29 is 0 Å². The third-order valence-electron chi connectivity index (χ3n) is 11.9. The molecule has 3 aromatic heterocycles. The topological polar surface area (TPSA) is 30.7 Å². The van der Waals surface area contributed by atoms with Gasteiger partial charge in [-0.2, -0.15) is 0 Å². The van der Waals surface area contributed by atoms with E-state index in [0.717, 1.165) is 39.2 Å². The largest absolute Gasteiger partial charge is 0.309 e. The van der Waals surface area contributed by atoms with Crippen LogP contribution in [0.25, 0.3) is 81.4 Å². The van der Waals surface area contributed by atoms with Crippen molar-refractivity contribution in [2.24, 2.45) is 0 Å². The van der Waals surface area contributed by atoms with Crippen LogP contribution in [0.4, 0.5) is 0 Å². The number of aromatic nitrogens is 3. The molecule has 0 N–H and O–H groups in total. The van der Waals surface area contributed by atoms with Crippen molar-refractivity contribution in [3.63, 3.8) is 0 Å². The number of hydrogen-bond donors (Lipinski definition) is 0. The van der Waals surface area contributed by atoms with Crippen molar-refractivity contribution >= 4 is 82.3 Å². The summed E-state index contributed by atoms with van der Waals surface area (Å²) in [5, 5.41) is 10.3. The van der Waals surface area contributed by atoms with Gasteiger partial charge in [0.15, 0.2) is 5.82 Å². The van der Waals surface area contributed by atoms with Crippen molar-refractivity contribution in [1.82, 2.24) is 14.5 Å². The number of hydrogen-bond acceptors (Lipinski definition) is 3. The highest BCUT2D eigenvalue weighted by Crippen LogP contribution is 2.45. The van der Waals surface area contributed by atoms with Crippen LogP contribution in [0.3, 0.4) is 0 Å². The molecule has 0 saturated heterocycles. The molecule has 5 heteroatoms. The number of benzene rings is 8. The van der Waals surface area contributed by atoms with E-state index in [9.17, 15) is 0 Å². The third kappa shape index (κ3) is 4.58. The summed E-state index contributed by atoms with van der Waals surface area (Å²) >= 11 is 1.87. The van der Waals surface area contributed by atoms with E-state index in [4.69, 9.17) is 9.97 Å². The molecule has 0 radical (unpaired) electrons. The number of nitrogens with zero attached hydrogens (tertiary/aromatic N) is 3. The van der Waals surface area contributed by atoms with Crippen molar-refractivity contribution in [2.45, 2.75) is 0 Å². The van der Waals surface area contributed by atoms with Crippen LogP contribution in [-0.2, 0) is 0 Å². The first-order valence-corrected chi connectivity index (χ1v) is 22.2. The van der Waals surface area contributed by atoms with Gasteiger partial charge in [-0.05, 0) is 51.5 Å². The highest BCUT2D eigenvalue weighted by Gasteiger charge is 2.51. The van der Waals surface area contributed by atoms with Crippen LogP contribution in [0.5, 0.6) is 0 Å². The molecule has 11 aromatic rings. The molecule has 0 spiro atoms. The van der Waals surface area contributed by atoms with Crippen molar-refractivity contribution in [3.8, 4) is 39.5 Å². The van der Waals surface area contributed by atoms with Gasteiger partial charge in [-0.25, -0.2) is 9.97 Å². The number of thiophene rings is 1. The van der Waals surface area contributed by atoms with Crippen molar-refractivity contribution in [1.29, 1.82) is 0 Å². The Balaban J connectivity index is 1.23. The van der Waals surface area contributed by atoms with Gasteiger partial charge in [0, 0.05) is 47.6 Å². The predicted molar refractivity (Wildman–Crippen MR) is 243 cm³/mol. The quantitative estimate of drug-likeness (QED) is 0.164. The van der Waals surface area contributed by atoms with Crippen LogP contribution >= 0.6 is 11.3 Å². The zero-order valence-electron chi connectivity index (χ0n) is 30.8. The smallest absolute Gasteiger partial charge is 0.203 e. The van der Waals surface area contributed by atoms with Crippen LogP contribution in [0.2, 0.25) is 0 Å². The van der Waals surface area contributed by atoms with Gasteiger partial charge in [0.1, 0.15) is 0 Å². The lowest BCUT2D eigenvalue weighted by atomic mass is 9.99. The lowest BCUT2D eigenvalue weighted by molar-refractivity contribution is 1.16. The molecule has 12 rings (SSSR count). The molecule has 0 aliphatic carbocycles. The Labute approximate surface area is 334 Å². The number of fused-ring (bicyclic) bond motifs is 10. The first-order valence-electron chi connectivity index (χ1n) is 19.4. The molecule has 57 heavy (non-hydrogen) atoms. The summed E-state index contributed by atoms with van der Waals surface area (Å²) in [6, 6.07) is 72.9. The molecule has 1 aliphatic rings. The minimum atomic E-state index is -2.93. The summed E-state index contributed by atoms with van der Waals surface area (Å²) in [5.74, 6) is 0.740. The lowest BCUT2D eigenvalue weighted by Gasteiger charge is -2.30. The molecule has 0 saturated carbocycles. The standard InChI is InChI=1S/C52H33N3SSi/c1-4-18-34(19-5-1)51-53-50(49-40-27-13-17-31-46(40)57(52(49)54-51,35-20-6-2-7-21-35)36-22-8-3-9-23-36)38-25-11-15-29-42(38)55-41-28-14-10-24-37(41)47-43(55)32-33-45-48(47)39-26-12-16-30-44(39)56-45/h1-33H. The van der Waals surface area contributed by atoms with Crippen molar-refractivity contribution in [3.05, 3.63) is 200 Å². The molecule has 8 aromatic carbocycles. The van der Waals surface area contributed by atoms with Gasteiger partial charge in [0.2, 0.25) is 8.07 Å². The summed E-state index contributed by atoms with van der Waals surface area (Å²) in [6.07, 6.45) is 0. The highest BCUT2D eigenvalue weighted by atomic mass is 32.1. The molecule has 4 heterocycles. The van der Waals surface area contributed by atoms with Gasteiger partial charge in [0.05, 0.1) is 27.7 Å². The average molecular weight is 760 g/mol. The third-order valence-corrected chi connectivity index (χ3v) is 17.7. The molecule has 0 fully saturated rings. The SMILES string of the molecule is c1ccc(-c2nc(-c3ccccc3-n3c4ccccc4c4c5c(ccc43)sc3ccccc35)c3c(n2)[Si](c2ccccc2)(c2ccccc2)c2ccccc2-3)cc1. The van der Waals surface area contributed by atoms with Crippen LogP contribution < -0.4 is 20.9 Å². The molecular formula is C52H33N3SSi. The lowest BCUT2D eigenvalue weighted by Crippen LogP contribution is -2.73.